The van der Waals surface area contributed by atoms with E-state index in [0.717, 1.165) is 10.9 Å². The van der Waals surface area contributed by atoms with Gasteiger partial charge < -0.3 is 19.1 Å². The van der Waals surface area contributed by atoms with Crippen molar-refractivity contribution in [2.45, 2.75) is 6.54 Å². The van der Waals surface area contributed by atoms with Gasteiger partial charge in [0, 0.05) is 25.2 Å². The highest BCUT2D eigenvalue weighted by molar-refractivity contribution is 5.88. The topological polar surface area (TPSA) is 60.7 Å². The summed E-state index contributed by atoms with van der Waals surface area (Å²) in [6.07, 6.45) is 0.372. The molecule has 5 heteroatoms. The lowest BCUT2D eigenvalue weighted by Gasteiger charge is -2.02. The predicted molar refractivity (Wildman–Crippen MR) is 62.5 cm³/mol. The zero-order chi connectivity index (χ0) is 12.3. The number of hydrogen-bond donors (Lipinski definition) is 1. The first kappa shape index (κ1) is 11.5. The molecule has 0 radical (unpaired) electrons. The molecule has 0 aliphatic carbocycles. The number of carbonyl (C=O) groups is 1. The van der Waals surface area contributed by atoms with E-state index in [2.05, 4.69) is 0 Å². The van der Waals surface area contributed by atoms with E-state index < -0.39 is 6.16 Å². The number of hydrogen-bond acceptors (Lipinski definition) is 3. The maximum Gasteiger partial charge on any atom is 0.511 e. The van der Waals surface area contributed by atoms with E-state index in [1.807, 2.05) is 28.8 Å². The normalized spacial score (nSPS) is 10.6. The molecule has 0 bridgehead atoms. The monoisotopic (exact) mass is 235 g/mol. The molecule has 0 atom stereocenters. The lowest BCUT2D eigenvalue weighted by Crippen LogP contribution is -2.03. The molecular weight excluding hydrogens is 222 g/mol. The molecule has 17 heavy (non-hydrogen) atoms. The van der Waals surface area contributed by atoms with Gasteiger partial charge in [-0.25, -0.2) is 4.79 Å². The van der Waals surface area contributed by atoms with Crippen molar-refractivity contribution in [1.29, 1.82) is 0 Å². The second-order valence-electron chi connectivity index (χ2n) is 3.56. The van der Waals surface area contributed by atoms with Gasteiger partial charge in [0.1, 0.15) is 0 Å². The molecule has 90 valence electrons. The summed E-state index contributed by atoms with van der Waals surface area (Å²) < 4.78 is 11.7. The van der Waals surface area contributed by atoms with Crippen LogP contribution >= 0.6 is 0 Å². The van der Waals surface area contributed by atoms with Gasteiger partial charge >= 0.3 is 6.16 Å². The van der Waals surface area contributed by atoms with Gasteiger partial charge in [0.15, 0.2) is 5.75 Å². The number of nitrogens with zero attached hydrogens (tertiary/aromatic N) is 1. The molecule has 0 fully saturated rings. The first-order chi connectivity index (χ1) is 8.22. The van der Waals surface area contributed by atoms with Crippen LogP contribution in [0.15, 0.2) is 30.5 Å². The highest BCUT2D eigenvalue weighted by Gasteiger charge is 2.11. The molecule has 0 aliphatic heterocycles. The lowest BCUT2D eigenvalue weighted by atomic mass is 10.2. The van der Waals surface area contributed by atoms with Crippen molar-refractivity contribution in [3.63, 3.8) is 0 Å². The molecule has 1 N–H and O–H groups in total. The number of ether oxygens (including phenoxy) is 2. The quantitative estimate of drug-likeness (QED) is 0.826. The van der Waals surface area contributed by atoms with Gasteiger partial charge in [-0.1, -0.05) is 12.1 Å². The van der Waals surface area contributed by atoms with E-state index >= 15 is 0 Å². The van der Waals surface area contributed by atoms with Crippen LogP contribution in [0, 0.1) is 0 Å². The number of carboxylic acid groups (broad SMARTS) is 1. The Morgan fingerprint density at radius 1 is 1.41 bits per heavy atom. The largest absolute Gasteiger partial charge is 0.511 e. The van der Waals surface area contributed by atoms with E-state index in [0.29, 0.717) is 18.9 Å². The summed E-state index contributed by atoms with van der Waals surface area (Å²) in [5.41, 5.74) is 0.931. The summed E-state index contributed by atoms with van der Waals surface area (Å²) in [4.78, 5) is 10.6. The Labute approximate surface area is 98.2 Å². The average Bonchev–Trinajstić information content (AvgIpc) is 2.65. The van der Waals surface area contributed by atoms with Crippen molar-refractivity contribution in [2.24, 2.45) is 0 Å². The summed E-state index contributed by atoms with van der Waals surface area (Å²) in [6.45, 7) is 1.21. The van der Waals surface area contributed by atoms with Gasteiger partial charge in [0.2, 0.25) is 0 Å². The first-order valence-electron chi connectivity index (χ1n) is 5.20. The Balaban J connectivity index is 2.42. The van der Waals surface area contributed by atoms with Crippen molar-refractivity contribution in [2.75, 3.05) is 13.7 Å². The summed E-state index contributed by atoms with van der Waals surface area (Å²) in [5, 5.41) is 9.44. The minimum absolute atomic E-state index is 0.351. The van der Waals surface area contributed by atoms with Gasteiger partial charge in [-0.15, -0.1) is 0 Å². The van der Waals surface area contributed by atoms with Gasteiger partial charge in [0.25, 0.3) is 0 Å². The SMILES string of the molecule is COCCn1cc(OC(=O)O)c2ccccc21. The van der Waals surface area contributed by atoms with E-state index in [-0.39, 0.29) is 0 Å². The minimum Gasteiger partial charge on any atom is -0.449 e. The Morgan fingerprint density at radius 3 is 2.88 bits per heavy atom. The second kappa shape index (κ2) is 4.88. The minimum atomic E-state index is -1.31. The molecule has 0 amide bonds. The van der Waals surface area contributed by atoms with Crippen molar-refractivity contribution >= 4 is 17.1 Å². The third-order valence-electron chi connectivity index (χ3n) is 2.49. The summed E-state index contributed by atoms with van der Waals surface area (Å²) in [6, 6.07) is 7.49. The number of methoxy groups -OCH3 is 1. The summed E-state index contributed by atoms with van der Waals surface area (Å²) in [5.74, 6) is 0.351. The summed E-state index contributed by atoms with van der Waals surface area (Å²) in [7, 11) is 1.63. The molecular formula is C12H13NO4. The van der Waals surface area contributed by atoms with Crippen LogP contribution in [-0.2, 0) is 11.3 Å². The van der Waals surface area contributed by atoms with Gasteiger partial charge in [-0.3, -0.25) is 0 Å². The smallest absolute Gasteiger partial charge is 0.449 e. The van der Waals surface area contributed by atoms with E-state index in [1.165, 1.54) is 0 Å². The number of benzene rings is 1. The number of aromatic nitrogens is 1. The molecule has 0 saturated carbocycles. The number of rotatable bonds is 4. The third kappa shape index (κ3) is 2.39. The molecule has 1 aromatic heterocycles. The fourth-order valence-corrected chi connectivity index (χ4v) is 1.76. The van der Waals surface area contributed by atoms with Crippen LogP contribution in [0.3, 0.4) is 0 Å². The Hall–Kier alpha value is -2.01. The predicted octanol–water partition coefficient (Wildman–Crippen LogP) is 2.34. The van der Waals surface area contributed by atoms with Crippen LogP contribution in [-0.4, -0.2) is 29.5 Å². The molecule has 2 aromatic rings. The van der Waals surface area contributed by atoms with Crippen LogP contribution in [0.2, 0.25) is 0 Å². The molecule has 0 aliphatic rings. The third-order valence-corrected chi connectivity index (χ3v) is 2.49. The first-order valence-corrected chi connectivity index (χ1v) is 5.20. The molecule has 0 saturated heterocycles. The van der Waals surface area contributed by atoms with Crippen LogP contribution in [0.25, 0.3) is 10.9 Å². The summed E-state index contributed by atoms with van der Waals surface area (Å²) >= 11 is 0. The van der Waals surface area contributed by atoms with Crippen molar-refractivity contribution in [3.8, 4) is 5.75 Å². The number of para-hydroxylation sites is 1. The maximum absolute atomic E-state index is 10.6. The van der Waals surface area contributed by atoms with Gasteiger partial charge in [-0.05, 0) is 12.1 Å². The van der Waals surface area contributed by atoms with Gasteiger partial charge in [0.05, 0.1) is 12.1 Å². The average molecular weight is 235 g/mol. The Morgan fingerprint density at radius 2 is 2.18 bits per heavy atom. The molecule has 2 rings (SSSR count). The fourth-order valence-electron chi connectivity index (χ4n) is 1.76. The lowest BCUT2D eigenvalue weighted by molar-refractivity contribution is 0.145. The highest BCUT2D eigenvalue weighted by atomic mass is 16.7. The van der Waals surface area contributed by atoms with Crippen molar-refractivity contribution in [1.82, 2.24) is 4.57 Å². The molecule has 1 aromatic carbocycles. The number of fused-ring (bicyclic) bond motifs is 1. The maximum atomic E-state index is 10.6. The van der Waals surface area contributed by atoms with Crippen molar-refractivity contribution in [3.05, 3.63) is 30.5 Å². The zero-order valence-corrected chi connectivity index (χ0v) is 9.42. The van der Waals surface area contributed by atoms with Gasteiger partial charge in [-0.2, -0.15) is 0 Å². The van der Waals surface area contributed by atoms with Crippen molar-refractivity contribution < 1.29 is 19.4 Å². The van der Waals surface area contributed by atoms with Crippen LogP contribution in [0.1, 0.15) is 0 Å². The van der Waals surface area contributed by atoms with E-state index in [4.69, 9.17) is 14.6 Å². The van der Waals surface area contributed by atoms with Crippen LogP contribution in [0.4, 0.5) is 4.79 Å². The fraction of sp³-hybridized carbons (Fsp3) is 0.250. The highest BCUT2D eigenvalue weighted by Crippen LogP contribution is 2.27. The Kier molecular flexibility index (Phi) is 3.30. The molecule has 1 heterocycles. The molecule has 5 nitrogen and oxygen atoms in total. The van der Waals surface area contributed by atoms with Crippen LogP contribution < -0.4 is 4.74 Å². The van der Waals surface area contributed by atoms with E-state index in [9.17, 15) is 4.79 Å². The zero-order valence-electron chi connectivity index (χ0n) is 9.42. The second-order valence-corrected chi connectivity index (χ2v) is 3.56. The molecule has 0 unspecified atom stereocenters. The molecule has 0 spiro atoms. The Bertz CT molecular complexity index is 532. The van der Waals surface area contributed by atoms with E-state index in [1.54, 1.807) is 13.3 Å². The standard InChI is InChI=1S/C12H13NO4/c1-16-7-6-13-8-11(17-12(14)15)9-4-2-3-5-10(9)13/h2-5,8H,6-7H2,1H3,(H,14,15). The van der Waals surface area contributed by atoms with Crippen LogP contribution in [0.5, 0.6) is 5.75 Å².